The number of methoxy groups -OCH3 is 1. The zero-order valence-electron chi connectivity index (χ0n) is 21.3. The predicted molar refractivity (Wildman–Crippen MR) is 150 cm³/mol. The van der Waals surface area contributed by atoms with Gasteiger partial charge in [-0.2, -0.15) is 0 Å². The molecule has 1 aliphatic heterocycles. The molecule has 0 saturated heterocycles. The van der Waals surface area contributed by atoms with Crippen LogP contribution in [0.15, 0.2) is 84.5 Å². The highest BCUT2D eigenvalue weighted by atomic mass is 79.9. The molecule has 0 unspecified atom stereocenters. The molecular weight excluding hydrogens is 568 g/mol. The normalized spacial score (nSPS) is 15.3. The maximum atomic E-state index is 13.8. The number of benzene rings is 2. The van der Waals surface area contributed by atoms with Gasteiger partial charge in [0.2, 0.25) is 0 Å². The maximum Gasteiger partial charge on any atom is 0.338 e. The molecule has 0 saturated carbocycles. The van der Waals surface area contributed by atoms with Crippen molar-refractivity contribution < 1.29 is 18.7 Å². The molecule has 1 atom stereocenters. The molecule has 7 nitrogen and oxygen atoms in total. The third-order valence-corrected chi connectivity index (χ3v) is 7.88. The molecule has 194 valence electrons. The number of hydrogen-bond donors (Lipinski definition) is 0. The summed E-state index contributed by atoms with van der Waals surface area (Å²) in [4.78, 5) is 31.9. The number of nitrogens with zero attached hydrogens (tertiary/aromatic N) is 2. The van der Waals surface area contributed by atoms with Crippen LogP contribution in [0.25, 0.3) is 17.4 Å². The van der Waals surface area contributed by atoms with Crippen LogP contribution in [0, 0.1) is 6.92 Å². The fourth-order valence-corrected chi connectivity index (χ4v) is 6.13. The Kier molecular flexibility index (Phi) is 7.23. The minimum atomic E-state index is -0.686. The third-order valence-electron chi connectivity index (χ3n) is 6.24. The quantitative estimate of drug-likeness (QED) is 0.290. The summed E-state index contributed by atoms with van der Waals surface area (Å²) in [5.41, 5.74) is 3.39. The van der Waals surface area contributed by atoms with Gasteiger partial charge in [-0.3, -0.25) is 9.36 Å². The molecule has 0 aliphatic carbocycles. The first-order chi connectivity index (χ1) is 18.3. The summed E-state index contributed by atoms with van der Waals surface area (Å²) in [6.45, 7) is 5.75. The van der Waals surface area contributed by atoms with E-state index in [1.54, 1.807) is 43.7 Å². The number of ether oxygens (including phenoxy) is 2. The number of halogens is 1. The Bertz CT molecular complexity index is 1740. The topological polar surface area (TPSA) is 83.0 Å². The van der Waals surface area contributed by atoms with E-state index in [0.717, 1.165) is 21.2 Å². The summed E-state index contributed by atoms with van der Waals surface area (Å²) in [7, 11) is 1.59. The highest BCUT2D eigenvalue weighted by Crippen LogP contribution is 2.32. The molecule has 0 amide bonds. The molecule has 0 spiro atoms. The van der Waals surface area contributed by atoms with Crippen molar-refractivity contribution in [3.63, 3.8) is 0 Å². The largest absolute Gasteiger partial charge is 0.497 e. The van der Waals surface area contributed by atoms with E-state index in [1.807, 2.05) is 49.4 Å². The summed E-state index contributed by atoms with van der Waals surface area (Å²) in [6, 6.07) is 16.3. The smallest absolute Gasteiger partial charge is 0.338 e. The van der Waals surface area contributed by atoms with Crippen molar-refractivity contribution in [1.29, 1.82) is 0 Å². The lowest BCUT2D eigenvalue weighted by Gasteiger charge is -2.24. The Morgan fingerprint density at radius 3 is 2.61 bits per heavy atom. The van der Waals surface area contributed by atoms with Gasteiger partial charge in [-0.1, -0.05) is 45.5 Å². The van der Waals surface area contributed by atoms with Crippen LogP contribution < -0.4 is 19.6 Å². The monoisotopic (exact) mass is 592 g/mol. The Hall–Kier alpha value is -3.69. The van der Waals surface area contributed by atoms with Gasteiger partial charge in [0, 0.05) is 16.1 Å². The van der Waals surface area contributed by atoms with Crippen LogP contribution in [0.2, 0.25) is 0 Å². The number of thiazole rings is 1. The molecule has 38 heavy (non-hydrogen) atoms. The average Bonchev–Trinajstić information content (AvgIpc) is 3.47. The van der Waals surface area contributed by atoms with Crippen molar-refractivity contribution in [1.82, 2.24) is 4.57 Å². The van der Waals surface area contributed by atoms with Crippen molar-refractivity contribution >= 4 is 39.3 Å². The van der Waals surface area contributed by atoms with Gasteiger partial charge in [0.25, 0.3) is 5.56 Å². The van der Waals surface area contributed by atoms with Crippen LogP contribution in [-0.2, 0) is 9.53 Å². The molecule has 2 aromatic heterocycles. The van der Waals surface area contributed by atoms with E-state index < -0.39 is 12.0 Å². The number of aryl methyl sites for hydroxylation is 1. The molecule has 4 aromatic rings. The molecule has 0 bridgehead atoms. The predicted octanol–water partition coefficient (Wildman–Crippen LogP) is 5.14. The number of carbonyl (C=O) groups excluding carboxylic acids is 1. The van der Waals surface area contributed by atoms with Gasteiger partial charge in [0.05, 0.1) is 35.6 Å². The summed E-state index contributed by atoms with van der Waals surface area (Å²) in [5.74, 6) is 1.41. The second-order valence-corrected chi connectivity index (χ2v) is 10.6. The summed E-state index contributed by atoms with van der Waals surface area (Å²) >= 11 is 4.85. The van der Waals surface area contributed by atoms with Crippen molar-refractivity contribution in [3.8, 4) is 17.1 Å². The minimum absolute atomic E-state index is 0.216. The summed E-state index contributed by atoms with van der Waals surface area (Å²) < 4.78 is 19.6. The van der Waals surface area contributed by atoms with Crippen molar-refractivity contribution in [3.05, 3.63) is 107 Å². The maximum absolute atomic E-state index is 13.8. The third kappa shape index (κ3) is 4.79. The minimum Gasteiger partial charge on any atom is -0.497 e. The van der Waals surface area contributed by atoms with Crippen LogP contribution >= 0.6 is 27.3 Å². The SMILES string of the molecule is CCOC(=O)C1=C(C)N=c2s/c(=C\c3ccc(-c4ccc(C)cc4Br)o3)c(=O)n2[C@@H]1c1ccc(OC)cc1. The summed E-state index contributed by atoms with van der Waals surface area (Å²) in [5, 5.41) is 0. The highest BCUT2D eigenvalue weighted by Gasteiger charge is 2.33. The van der Waals surface area contributed by atoms with Gasteiger partial charge in [-0.15, -0.1) is 0 Å². The Balaban J connectivity index is 1.63. The van der Waals surface area contributed by atoms with Crippen LogP contribution in [0.3, 0.4) is 0 Å². The van der Waals surface area contributed by atoms with E-state index in [1.165, 1.54) is 11.3 Å². The van der Waals surface area contributed by atoms with E-state index in [4.69, 9.17) is 13.9 Å². The van der Waals surface area contributed by atoms with Gasteiger partial charge in [0.1, 0.15) is 17.3 Å². The Morgan fingerprint density at radius 2 is 1.92 bits per heavy atom. The fraction of sp³-hybridized carbons (Fsp3) is 0.207. The van der Waals surface area contributed by atoms with Crippen LogP contribution in [0.5, 0.6) is 5.75 Å². The number of furan rings is 1. The first-order valence-corrected chi connectivity index (χ1v) is 13.6. The number of fused-ring (bicyclic) bond motifs is 1. The second kappa shape index (κ2) is 10.6. The van der Waals surface area contributed by atoms with Crippen LogP contribution in [0.4, 0.5) is 0 Å². The van der Waals surface area contributed by atoms with E-state index >= 15 is 0 Å². The average molecular weight is 593 g/mol. The standard InChI is InChI=1S/C29H25BrN2O5S/c1-5-36-28(34)25-17(3)31-29-32(26(25)18-7-9-19(35-4)10-8-18)27(33)24(38-29)15-20-11-13-23(37-20)21-12-6-16(2)14-22(21)30/h6-15,26H,5H2,1-4H3/b24-15-/t26-/m1/s1. The zero-order valence-corrected chi connectivity index (χ0v) is 23.7. The zero-order chi connectivity index (χ0) is 27.0. The number of esters is 1. The van der Waals surface area contributed by atoms with Gasteiger partial charge >= 0.3 is 5.97 Å². The number of aromatic nitrogens is 1. The van der Waals surface area contributed by atoms with Crippen molar-refractivity contribution in [2.45, 2.75) is 26.8 Å². The van der Waals surface area contributed by atoms with Crippen LogP contribution in [-0.4, -0.2) is 24.3 Å². The van der Waals surface area contributed by atoms with Crippen LogP contribution in [0.1, 0.15) is 36.8 Å². The molecule has 9 heteroatoms. The van der Waals surface area contributed by atoms with E-state index in [-0.39, 0.29) is 12.2 Å². The van der Waals surface area contributed by atoms with E-state index in [0.29, 0.717) is 37.9 Å². The lowest BCUT2D eigenvalue weighted by molar-refractivity contribution is -0.139. The first-order valence-electron chi connectivity index (χ1n) is 12.0. The molecular formula is C29H25BrN2O5S. The molecule has 0 fully saturated rings. The first kappa shape index (κ1) is 25.9. The van der Waals surface area contributed by atoms with Gasteiger partial charge < -0.3 is 13.9 Å². The molecule has 0 N–H and O–H groups in total. The number of hydrogen-bond acceptors (Lipinski definition) is 7. The highest BCUT2D eigenvalue weighted by molar-refractivity contribution is 9.10. The molecule has 1 aliphatic rings. The van der Waals surface area contributed by atoms with Gasteiger partial charge in [0.15, 0.2) is 4.80 Å². The lowest BCUT2D eigenvalue weighted by atomic mass is 9.96. The summed E-state index contributed by atoms with van der Waals surface area (Å²) in [6.07, 6.45) is 1.71. The van der Waals surface area contributed by atoms with Gasteiger partial charge in [-0.05, 0) is 68.3 Å². The molecule has 5 rings (SSSR count). The Morgan fingerprint density at radius 1 is 1.16 bits per heavy atom. The van der Waals surface area contributed by atoms with E-state index in [2.05, 4.69) is 20.9 Å². The molecule has 2 aromatic carbocycles. The molecule has 3 heterocycles. The number of rotatable bonds is 6. The van der Waals surface area contributed by atoms with Crippen molar-refractivity contribution in [2.24, 2.45) is 4.99 Å². The number of carbonyl (C=O) groups is 1. The van der Waals surface area contributed by atoms with Gasteiger partial charge in [-0.25, -0.2) is 9.79 Å². The second-order valence-electron chi connectivity index (χ2n) is 8.76. The molecule has 0 radical (unpaired) electrons. The Labute approximate surface area is 231 Å². The van der Waals surface area contributed by atoms with E-state index in [9.17, 15) is 9.59 Å². The number of allylic oxidation sites excluding steroid dienone is 1. The fourth-order valence-electron chi connectivity index (χ4n) is 4.42. The lowest BCUT2D eigenvalue weighted by Crippen LogP contribution is -2.39. The van der Waals surface area contributed by atoms with Crippen molar-refractivity contribution in [2.75, 3.05) is 13.7 Å².